The Morgan fingerprint density at radius 1 is 1.40 bits per heavy atom. The largest absolute Gasteiger partial charge is 0.444 e. The summed E-state index contributed by atoms with van der Waals surface area (Å²) in [5.41, 5.74) is 0.721. The first-order chi connectivity index (χ1) is 9.48. The Balaban J connectivity index is 2.03. The van der Waals surface area contributed by atoms with Gasteiger partial charge in [0.25, 0.3) is 0 Å². The van der Waals surface area contributed by atoms with Crippen molar-refractivity contribution in [1.82, 2.24) is 4.31 Å². The Hall–Kier alpha value is -1.64. The summed E-state index contributed by atoms with van der Waals surface area (Å²) in [6.45, 7) is 0.322. The zero-order chi connectivity index (χ0) is 14.6. The van der Waals surface area contributed by atoms with Gasteiger partial charge in [-0.1, -0.05) is 30.3 Å². The standard InChI is InChI=1S/C12H15NO6S/c14-12(19-8-10-4-2-1-3-5-10)13(20(15,16)17)11-6-7-18-9-11/h1-5,11H,6-9H2,(H,15,16,17). The predicted molar refractivity (Wildman–Crippen MR) is 69.2 cm³/mol. The van der Waals surface area contributed by atoms with Crippen molar-refractivity contribution < 1.29 is 27.2 Å². The lowest BCUT2D eigenvalue weighted by Gasteiger charge is -2.23. The van der Waals surface area contributed by atoms with E-state index in [2.05, 4.69) is 0 Å². The van der Waals surface area contributed by atoms with Gasteiger partial charge in [-0.3, -0.25) is 4.55 Å². The third kappa shape index (κ3) is 3.69. The molecule has 0 spiro atoms. The smallest absolute Gasteiger partial charge is 0.426 e. The molecule has 1 unspecified atom stereocenters. The third-order valence-electron chi connectivity index (χ3n) is 2.87. The SMILES string of the molecule is O=C(OCc1ccccc1)N(C1CCOC1)S(=O)(=O)O. The number of rotatable bonds is 4. The van der Waals surface area contributed by atoms with E-state index in [1.165, 1.54) is 0 Å². The van der Waals surface area contributed by atoms with Gasteiger partial charge < -0.3 is 9.47 Å². The van der Waals surface area contributed by atoms with Gasteiger partial charge in [0.2, 0.25) is 0 Å². The number of benzene rings is 1. The van der Waals surface area contributed by atoms with Crippen LogP contribution in [0.25, 0.3) is 0 Å². The van der Waals surface area contributed by atoms with E-state index < -0.39 is 22.4 Å². The lowest BCUT2D eigenvalue weighted by molar-refractivity contribution is 0.102. The molecule has 7 nitrogen and oxygen atoms in total. The van der Waals surface area contributed by atoms with Crippen molar-refractivity contribution in [2.24, 2.45) is 0 Å². The molecule has 20 heavy (non-hydrogen) atoms. The highest BCUT2D eigenvalue weighted by molar-refractivity contribution is 7.84. The van der Waals surface area contributed by atoms with Crippen LogP contribution in [0.3, 0.4) is 0 Å². The van der Waals surface area contributed by atoms with E-state index in [0.29, 0.717) is 17.3 Å². The Bertz CT molecular complexity index is 553. The first-order valence-corrected chi connectivity index (χ1v) is 7.43. The summed E-state index contributed by atoms with van der Waals surface area (Å²) in [6, 6.07) is 8.11. The van der Waals surface area contributed by atoms with Crippen LogP contribution in [0.1, 0.15) is 12.0 Å². The van der Waals surface area contributed by atoms with Crippen molar-refractivity contribution in [3.8, 4) is 0 Å². The second kappa shape index (κ2) is 6.21. The Morgan fingerprint density at radius 2 is 2.10 bits per heavy atom. The molecule has 0 aromatic heterocycles. The van der Waals surface area contributed by atoms with Crippen LogP contribution in [0.5, 0.6) is 0 Å². The first-order valence-electron chi connectivity index (χ1n) is 6.04. The molecule has 0 aliphatic carbocycles. The average Bonchev–Trinajstić information content (AvgIpc) is 2.89. The van der Waals surface area contributed by atoms with Gasteiger partial charge in [-0.2, -0.15) is 12.7 Å². The number of nitrogens with zero attached hydrogens (tertiary/aromatic N) is 1. The number of amides is 1. The summed E-state index contributed by atoms with van der Waals surface area (Å²) in [7, 11) is -4.67. The molecule has 1 saturated heterocycles. The molecule has 2 rings (SSSR count). The topological polar surface area (TPSA) is 93.1 Å². The van der Waals surface area contributed by atoms with Crippen molar-refractivity contribution in [3.63, 3.8) is 0 Å². The van der Waals surface area contributed by atoms with Gasteiger partial charge in [0, 0.05) is 6.61 Å². The van der Waals surface area contributed by atoms with Crippen LogP contribution in [0.4, 0.5) is 4.79 Å². The fourth-order valence-corrected chi connectivity index (χ4v) is 2.71. The maximum Gasteiger partial charge on any atom is 0.426 e. The van der Waals surface area contributed by atoms with Gasteiger partial charge in [0.05, 0.1) is 12.6 Å². The quantitative estimate of drug-likeness (QED) is 0.840. The first kappa shape index (κ1) is 14.8. The van der Waals surface area contributed by atoms with Crippen LogP contribution in [-0.2, 0) is 26.4 Å². The zero-order valence-electron chi connectivity index (χ0n) is 10.6. The van der Waals surface area contributed by atoms with Crippen molar-refractivity contribution >= 4 is 16.4 Å². The molecule has 1 fully saturated rings. The van der Waals surface area contributed by atoms with E-state index in [4.69, 9.17) is 14.0 Å². The van der Waals surface area contributed by atoms with E-state index in [0.717, 1.165) is 5.56 Å². The van der Waals surface area contributed by atoms with Gasteiger partial charge in [0.15, 0.2) is 0 Å². The summed E-state index contributed by atoms with van der Waals surface area (Å²) in [5.74, 6) is 0. The molecular weight excluding hydrogens is 286 g/mol. The summed E-state index contributed by atoms with van der Waals surface area (Å²) >= 11 is 0. The monoisotopic (exact) mass is 301 g/mol. The fraction of sp³-hybridized carbons (Fsp3) is 0.417. The maximum atomic E-state index is 11.9. The molecule has 0 saturated carbocycles. The van der Waals surface area contributed by atoms with Crippen molar-refractivity contribution in [1.29, 1.82) is 0 Å². The van der Waals surface area contributed by atoms with E-state index in [1.54, 1.807) is 24.3 Å². The molecule has 1 heterocycles. The summed E-state index contributed by atoms with van der Waals surface area (Å²) in [5, 5.41) is 0. The third-order valence-corrected chi connectivity index (χ3v) is 3.82. The number of carbonyl (C=O) groups excluding carboxylic acids is 1. The highest BCUT2D eigenvalue weighted by Crippen LogP contribution is 2.17. The molecule has 1 N–H and O–H groups in total. The fourth-order valence-electron chi connectivity index (χ4n) is 1.92. The molecule has 0 radical (unpaired) electrons. The second-order valence-corrected chi connectivity index (χ2v) is 5.62. The molecule has 110 valence electrons. The predicted octanol–water partition coefficient (Wildman–Crippen LogP) is 1.22. The molecule has 1 aromatic rings. The second-order valence-electron chi connectivity index (χ2n) is 4.33. The normalized spacial score (nSPS) is 18.8. The van der Waals surface area contributed by atoms with Crippen molar-refractivity contribution in [3.05, 3.63) is 35.9 Å². The molecule has 8 heteroatoms. The lowest BCUT2D eigenvalue weighted by Crippen LogP contribution is -2.44. The van der Waals surface area contributed by atoms with Gasteiger partial charge in [-0.15, -0.1) is 0 Å². The summed E-state index contributed by atoms with van der Waals surface area (Å²) in [6.07, 6.45) is -0.771. The molecule has 1 aliphatic rings. The van der Waals surface area contributed by atoms with Gasteiger partial charge in [0.1, 0.15) is 6.61 Å². The number of ether oxygens (including phenoxy) is 2. The average molecular weight is 301 g/mol. The van der Waals surface area contributed by atoms with E-state index in [-0.39, 0.29) is 13.2 Å². The van der Waals surface area contributed by atoms with E-state index in [1.807, 2.05) is 6.07 Å². The Morgan fingerprint density at radius 3 is 2.65 bits per heavy atom. The molecule has 1 aliphatic heterocycles. The maximum absolute atomic E-state index is 11.9. The summed E-state index contributed by atoms with van der Waals surface area (Å²) in [4.78, 5) is 11.9. The molecule has 1 amide bonds. The number of hydrogen-bond donors (Lipinski definition) is 1. The van der Waals surface area contributed by atoms with E-state index >= 15 is 0 Å². The minimum absolute atomic E-state index is 0.0558. The molecule has 0 bridgehead atoms. The van der Waals surface area contributed by atoms with Gasteiger partial charge >= 0.3 is 16.4 Å². The van der Waals surface area contributed by atoms with Crippen LogP contribution in [-0.4, -0.2) is 42.6 Å². The molecular formula is C12H15NO6S. The Labute approximate surface area is 117 Å². The molecule has 1 aromatic carbocycles. The lowest BCUT2D eigenvalue weighted by atomic mass is 10.2. The van der Waals surface area contributed by atoms with E-state index in [9.17, 15) is 13.2 Å². The number of hydrogen-bond acceptors (Lipinski definition) is 5. The van der Waals surface area contributed by atoms with Crippen molar-refractivity contribution in [2.75, 3.05) is 13.2 Å². The van der Waals surface area contributed by atoms with Gasteiger partial charge in [-0.05, 0) is 12.0 Å². The van der Waals surface area contributed by atoms with Crippen molar-refractivity contribution in [2.45, 2.75) is 19.1 Å². The van der Waals surface area contributed by atoms with Crippen LogP contribution in [0.15, 0.2) is 30.3 Å². The minimum atomic E-state index is -4.67. The van der Waals surface area contributed by atoms with Crippen LogP contribution < -0.4 is 0 Å². The highest BCUT2D eigenvalue weighted by atomic mass is 32.2. The zero-order valence-corrected chi connectivity index (χ0v) is 11.5. The van der Waals surface area contributed by atoms with Crippen LogP contribution in [0, 0.1) is 0 Å². The Kier molecular flexibility index (Phi) is 4.58. The van der Waals surface area contributed by atoms with Gasteiger partial charge in [-0.25, -0.2) is 4.79 Å². The summed E-state index contributed by atoms with van der Waals surface area (Å²) < 4.78 is 42.0. The van der Waals surface area contributed by atoms with Crippen LogP contribution >= 0.6 is 0 Å². The number of carbonyl (C=O) groups is 1. The molecule has 1 atom stereocenters. The minimum Gasteiger partial charge on any atom is -0.444 e. The van der Waals surface area contributed by atoms with Crippen LogP contribution in [0.2, 0.25) is 0 Å². The highest BCUT2D eigenvalue weighted by Gasteiger charge is 2.37.